The number of benzene rings is 2. The third kappa shape index (κ3) is 3.91. The second kappa shape index (κ2) is 8.86. The van der Waals surface area contributed by atoms with Gasteiger partial charge < -0.3 is 10.0 Å². The molecule has 158 valence electrons. The van der Waals surface area contributed by atoms with Gasteiger partial charge in [-0.05, 0) is 18.9 Å². The summed E-state index contributed by atoms with van der Waals surface area (Å²) in [4.78, 5) is 33.2. The van der Waals surface area contributed by atoms with E-state index in [1.165, 1.54) is 11.3 Å². The normalized spacial score (nSPS) is 16.3. The summed E-state index contributed by atoms with van der Waals surface area (Å²) in [6.45, 7) is 4.31. The van der Waals surface area contributed by atoms with Gasteiger partial charge in [0.25, 0.3) is 5.91 Å². The first-order valence-corrected chi connectivity index (χ1v) is 11.2. The van der Waals surface area contributed by atoms with Gasteiger partial charge in [-0.25, -0.2) is 4.98 Å². The van der Waals surface area contributed by atoms with Crippen LogP contribution in [0.3, 0.4) is 0 Å². The highest BCUT2D eigenvalue weighted by molar-refractivity contribution is 7.17. The van der Waals surface area contributed by atoms with Crippen LogP contribution >= 0.6 is 11.3 Å². The van der Waals surface area contributed by atoms with Crippen molar-refractivity contribution in [2.75, 3.05) is 6.54 Å². The molecule has 1 unspecified atom stereocenters. The van der Waals surface area contributed by atoms with Gasteiger partial charge in [0.1, 0.15) is 5.01 Å². The molecule has 0 saturated heterocycles. The van der Waals surface area contributed by atoms with E-state index in [-0.39, 0.29) is 11.4 Å². The number of unbranched alkanes of at least 4 members (excludes halogenated alkanes) is 1. The fourth-order valence-electron chi connectivity index (χ4n) is 3.86. The zero-order chi connectivity index (χ0) is 22.0. The molecule has 0 saturated carbocycles. The molecule has 1 atom stereocenters. The lowest BCUT2D eigenvalue weighted by Crippen LogP contribution is -2.32. The van der Waals surface area contributed by atoms with E-state index in [4.69, 9.17) is 0 Å². The van der Waals surface area contributed by atoms with E-state index >= 15 is 0 Å². The number of carbonyl (C=O) groups excluding carboxylic acids is 2. The van der Waals surface area contributed by atoms with Crippen LogP contribution in [0.15, 0.2) is 72.0 Å². The predicted octanol–water partition coefficient (Wildman–Crippen LogP) is 5.50. The number of hydrogen-bond donors (Lipinski definition) is 1. The molecule has 4 rings (SSSR count). The van der Waals surface area contributed by atoms with Gasteiger partial charge in [0, 0.05) is 12.1 Å². The van der Waals surface area contributed by atoms with Gasteiger partial charge in [-0.2, -0.15) is 0 Å². The van der Waals surface area contributed by atoms with Crippen molar-refractivity contribution in [2.45, 2.75) is 32.7 Å². The fraction of sp³-hybridized carbons (Fsp3) is 0.240. The van der Waals surface area contributed by atoms with E-state index in [2.05, 4.69) is 4.98 Å². The first-order chi connectivity index (χ1) is 15.0. The number of rotatable bonds is 7. The van der Waals surface area contributed by atoms with Gasteiger partial charge in [-0.1, -0.05) is 74.0 Å². The Balaban J connectivity index is 1.77. The monoisotopic (exact) mass is 432 g/mol. The Morgan fingerprint density at radius 3 is 2.39 bits per heavy atom. The maximum absolute atomic E-state index is 13.6. The summed E-state index contributed by atoms with van der Waals surface area (Å²) >= 11 is 1.29. The summed E-state index contributed by atoms with van der Waals surface area (Å²) in [5.41, 5.74) is 2.48. The van der Waals surface area contributed by atoms with Gasteiger partial charge in [0.15, 0.2) is 5.76 Å². The highest BCUT2D eigenvalue weighted by Gasteiger charge is 2.44. The molecule has 0 spiro atoms. The van der Waals surface area contributed by atoms with Crippen molar-refractivity contribution in [3.63, 3.8) is 0 Å². The van der Waals surface area contributed by atoms with Crippen molar-refractivity contribution >= 4 is 23.0 Å². The first-order valence-electron chi connectivity index (χ1n) is 10.4. The van der Waals surface area contributed by atoms with Crippen LogP contribution in [-0.4, -0.2) is 33.2 Å². The summed E-state index contributed by atoms with van der Waals surface area (Å²) in [5, 5.41) is 11.5. The zero-order valence-electron chi connectivity index (χ0n) is 17.5. The standard InChI is InChI=1S/C25H24N2O3S/c1-3-4-15-27-20(17-11-7-5-8-12-17)19(22(29)25(27)30)21(28)23-16(2)26-24(31-23)18-13-9-6-10-14-18/h5-14,20,29H,3-4,15H2,1-2H3. The number of amides is 1. The molecule has 1 amide bonds. The lowest BCUT2D eigenvalue weighted by molar-refractivity contribution is -0.129. The van der Waals surface area contributed by atoms with E-state index in [0.717, 1.165) is 29.0 Å². The molecule has 1 aliphatic heterocycles. The van der Waals surface area contributed by atoms with Crippen molar-refractivity contribution in [2.24, 2.45) is 0 Å². The summed E-state index contributed by atoms with van der Waals surface area (Å²) in [5.74, 6) is -1.28. The maximum atomic E-state index is 13.6. The second-order valence-electron chi connectivity index (χ2n) is 7.56. The molecule has 2 heterocycles. The van der Waals surface area contributed by atoms with E-state index in [0.29, 0.717) is 17.1 Å². The van der Waals surface area contributed by atoms with Crippen LogP contribution in [0.5, 0.6) is 0 Å². The molecule has 0 radical (unpaired) electrons. The second-order valence-corrected chi connectivity index (χ2v) is 8.56. The highest BCUT2D eigenvalue weighted by Crippen LogP contribution is 2.41. The number of aromatic nitrogens is 1. The topological polar surface area (TPSA) is 70.5 Å². The number of aliphatic hydroxyl groups excluding tert-OH is 1. The Bertz CT molecular complexity index is 1140. The van der Waals surface area contributed by atoms with Crippen molar-refractivity contribution in [1.82, 2.24) is 9.88 Å². The van der Waals surface area contributed by atoms with Gasteiger partial charge in [-0.3, -0.25) is 9.59 Å². The maximum Gasteiger partial charge on any atom is 0.290 e. The average Bonchev–Trinajstić information content (AvgIpc) is 3.31. The van der Waals surface area contributed by atoms with Crippen molar-refractivity contribution < 1.29 is 14.7 Å². The number of carbonyl (C=O) groups is 2. The summed E-state index contributed by atoms with van der Waals surface area (Å²) in [6.07, 6.45) is 1.70. The van der Waals surface area contributed by atoms with E-state index in [9.17, 15) is 14.7 Å². The third-order valence-corrected chi connectivity index (χ3v) is 6.65. The molecule has 0 fully saturated rings. The molecule has 3 aromatic rings. The Labute approximate surface area is 185 Å². The molecule has 1 aromatic heterocycles. The highest BCUT2D eigenvalue weighted by atomic mass is 32.1. The Morgan fingerprint density at radius 1 is 1.10 bits per heavy atom. The minimum absolute atomic E-state index is 0.138. The van der Waals surface area contributed by atoms with E-state index < -0.39 is 17.7 Å². The minimum Gasteiger partial charge on any atom is -0.503 e. The number of thiazole rings is 1. The molecule has 1 N–H and O–H groups in total. The largest absolute Gasteiger partial charge is 0.503 e. The SMILES string of the molecule is CCCCN1C(=O)C(O)=C(C(=O)c2sc(-c3ccccc3)nc2C)C1c1ccccc1. The molecule has 0 bridgehead atoms. The number of ketones is 1. The predicted molar refractivity (Wildman–Crippen MR) is 122 cm³/mol. The molecule has 1 aliphatic rings. The van der Waals surface area contributed by atoms with Crippen molar-refractivity contribution in [3.05, 3.63) is 88.1 Å². The van der Waals surface area contributed by atoms with Gasteiger partial charge in [0.05, 0.1) is 22.2 Å². The van der Waals surface area contributed by atoms with Crippen LogP contribution in [0.2, 0.25) is 0 Å². The van der Waals surface area contributed by atoms with Crippen molar-refractivity contribution in [1.29, 1.82) is 0 Å². The minimum atomic E-state index is -0.602. The van der Waals surface area contributed by atoms with Crippen LogP contribution < -0.4 is 0 Å². The summed E-state index contributed by atoms with van der Waals surface area (Å²) < 4.78 is 0. The van der Waals surface area contributed by atoms with Gasteiger partial charge >= 0.3 is 0 Å². The molecular formula is C25H24N2O3S. The van der Waals surface area contributed by atoms with E-state index in [1.54, 1.807) is 11.8 Å². The number of nitrogens with zero attached hydrogens (tertiary/aromatic N) is 2. The lowest BCUT2D eigenvalue weighted by Gasteiger charge is -2.26. The van der Waals surface area contributed by atoms with Crippen LogP contribution in [0, 0.1) is 6.92 Å². The van der Waals surface area contributed by atoms with Crippen LogP contribution in [0.1, 0.15) is 46.7 Å². The van der Waals surface area contributed by atoms with E-state index in [1.807, 2.05) is 67.6 Å². The Morgan fingerprint density at radius 2 is 1.74 bits per heavy atom. The molecule has 2 aromatic carbocycles. The van der Waals surface area contributed by atoms with Crippen LogP contribution in [0.25, 0.3) is 10.6 Å². The number of hydrogen-bond acceptors (Lipinski definition) is 5. The summed E-state index contributed by atoms with van der Waals surface area (Å²) in [7, 11) is 0. The smallest absolute Gasteiger partial charge is 0.290 e. The Hall–Kier alpha value is -3.25. The fourth-order valence-corrected chi connectivity index (χ4v) is 4.89. The van der Waals surface area contributed by atoms with Gasteiger partial charge in [-0.15, -0.1) is 11.3 Å². The van der Waals surface area contributed by atoms with Crippen molar-refractivity contribution in [3.8, 4) is 10.6 Å². The third-order valence-electron chi connectivity index (χ3n) is 5.44. The lowest BCUT2D eigenvalue weighted by atomic mass is 9.95. The van der Waals surface area contributed by atoms with Gasteiger partial charge in [0.2, 0.25) is 5.78 Å². The molecule has 6 heteroatoms. The quantitative estimate of drug-likeness (QED) is 0.501. The Kier molecular flexibility index (Phi) is 6.00. The first kappa shape index (κ1) is 21.0. The molecule has 0 aliphatic carbocycles. The molecule has 5 nitrogen and oxygen atoms in total. The number of Topliss-reactive ketones (excluding diaryl/α,β-unsaturated/α-hetero) is 1. The zero-order valence-corrected chi connectivity index (χ0v) is 18.4. The molecule has 31 heavy (non-hydrogen) atoms. The molecular weight excluding hydrogens is 408 g/mol. The number of aliphatic hydroxyl groups is 1. The summed E-state index contributed by atoms with van der Waals surface area (Å²) in [6, 6.07) is 18.5. The average molecular weight is 433 g/mol. The van der Waals surface area contributed by atoms with Crippen LogP contribution in [0.4, 0.5) is 0 Å². The van der Waals surface area contributed by atoms with Crippen LogP contribution in [-0.2, 0) is 4.79 Å². The number of aryl methyl sites for hydroxylation is 1.